The lowest BCUT2D eigenvalue weighted by atomic mass is 9.98. The lowest BCUT2D eigenvalue weighted by Gasteiger charge is -2.44. The van der Waals surface area contributed by atoms with E-state index in [1.165, 1.54) is 0 Å². The fraction of sp³-hybridized carbons (Fsp3) is 0.833. The molecule has 0 amide bonds. The van der Waals surface area contributed by atoms with Crippen molar-refractivity contribution in [2.24, 2.45) is 0 Å². The van der Waals surface area contributed by atoms with Gasteiger partial charge in [0.05, 0.1) is 18.8 Å². The van der Waals surface area contributed by atoms with Gasteiger partial charge in [-0.25, -0.2) is 0 Å². The molecular formula is C12H18O3. The predicted molar refractivity (Wildman–Crippen MR) is 56.2 cm³/mol. The van der Waals surface area contributed by atoms with Crippen LogP contribution in [-0.4, -0.2) is 30.7 Å². The van der Waals surface area contributed by atoms with E-state index < -0.39 is 5.79 Å². The molecule has 2 aliphatic heterocycles. The first-order chi connectivity index (χ1) is 7.11. The molecule has 3 heteroatoms. The second kappa shape index (κ2) is 4.13. The summed E-state index contributed by atoms with van der Waals surface area (Å²) in [6.45, 7) is 4.49. The molecule has 2 saturated heterocycles. The molecule has 0 aromatic rings. The summed E-state index contributed by atoms with van der Waals surface area (Å²) in [6, 6.07) is 0. The number of rotatable bonds is 1. The van der Waals surface area contributed by atoms with Crippen molar-refractivity contribution < 1.29 is 14.2 Å². The Morgan fingerprint density at radius 2 is 2.13 bits per heavy atom. The van der Waals surface area contributed by atoms with E-state index in [0.29, 0.717) is 13.0 Å². The van der Waals surface area contributed by atoms with Gasteiger partial charge in [-0.2, -0.15) is 0 Å². The smallest absolute Gasteiger partial charge is 0.163 e. The summed E-state index contributed by atoms with van der Waals surface area (Å²) in [4.78, 5) is 0. The molecule has 0 N–H and O–H groups in total. The maximum atomic E-state index is 5.83. The van der Waals surface area contributed by atoms with Crippen molar-refractivity contribution in [2.75, 3.05) is 6.61 Å². The summed E-state index contributed by atoms with van der Waals surface area (Å²) in [5, 5.41) is 0. The zero-order valence-electron chi connectivity index (χ0n) is 9.36. The van der Waals surface area contributed by atoms with Crippen molar-refractivity contribution in [1.29, 1.82) is 0 Å². The van der Waals surface area contributed by atoms with Crippen molar-refractivity contribution in [3.05, 3.63) is 0 Å². The maximum Gasteiger partial charge on any atom is 0.163 e. The van der Waals surface area contributed by atoms with Crippen LogP contribution in [0.3, 0.4) is 0 Å². The van der Waals surface area contributed by atoms with Gasteiger partial charge in [-0.1, -0.05) is 0 Å². The van der Waals surface area contributed by atoms with Crippen molar-refractivity contribution >= 4 is 0 Å². The highest BCUT2D eigenvalue weighted by molar-refractivity contribution is 4.92. The molecule has 0 radical (unpaired) electrons. The van der Waals surface area contributed by atoms with Gasteiger partial charge in [0.25, 0.3) is 0 Å². The maximum absolute atomic E-state index is 5.83. The van der Waals surface area contributed by atoms with Crippen LogP contribution < -0.4 is 0 Å². The average molecular weight is 210 g/mol. The molecule has 0 aliphatic carbocycles. The lowest BCUT2D eigenvalue weighted by molar-refractivity contribution is -0.326. The fourth-order valence-electron chi connectivity index (χ4n) is 2.18. The van der Waals surface area contributed by atoms with E-state index in [1.54, 1.807) is 0 Å². The molecule has 0 saturated carbocycles. The molecule has 15 heavy (non-hydrogen) atoms. The van der Waals surface area contributed by atoms with Gasteiger partial charge in [0.2, 0.25) is 0 Å². The van der Waals surface area contributed by atoms with E-state index in [2.05, 4.69) is 5.92 Å². The lowest BCUT2D eigenvalue weighted by Crippen LogP contribution is -2.53. The highest BCUT2D eigenvalue weighted by Crippen LogP contribution is 2.32. The van der Waals surface area contributed by atoms with E-state index >= 15 is 0 Å². The quantitative estimate of drug-likeness (QED) is 0.617. The first-order valence-corrected chi connectivity index (χ1v) is 5.51. The van der Waals surface area contributed by atoms with Crippen molar-refractivity contribution in [1.82, 2.24) is 0 Å². The normalized spacial score (nSPS) is 39.1. The molecule has 0 spiro atoms. The Bertz CT molecular complexity index is 267. The Morgan fingerprint density at radius 1 is 1.33 bits per heavy atom. The number of fused-ring (bicyclic) bond motifs is 1. The standard InChI is InChI=1S/C12H18O3/c1-4-5-9-6-7-10-11(14-9)8-13-12(2,3)15-10/h1,9-11H,5-8H2,2-3H3/t9-,10+,11-/m1/s1. The molecule has 84 valence electrons. The summed E-state index contributed by atoms with van der Waals surface area (Å²) in [7, 11) is 0. The van der Waals surface area contributed by atoms with Gasteiger partial charge in [0.1, 0.15) is 6.10 Å². The third kappa shape index (κ3) is 2.52. The minimum absolute atomic E-state index is 0.0603. The monoisotopic (exact) mass is 210 g/mol. The van der Waals surface area contributed by atoms with Gasteiger partial charge >= 0.3 is 0 Å². The molecule has 3 nitrogen and oxygen atoms in total. The van der Waals surface area contributed by atoms with Crippen LogP contribution in [0.2, 0.25) is 0 Å². The molecular weight excluding hydrogens is 192 g/mol. The van der Waals surface area contributed by atoms with Crippen LogP contribution in [0, 0.1) is 12.3 Å². The van der Waals surface area contributed by atoms with Crippen LogP contribution >= 0.6 is 0 Å². The Kier molecular flexibility index (Phi) is 3.01. The SMILES string of the molecule is C#CC[C@@H]1CC[C@@H]2OC(C)(C)OC[C@H]2O1. The zero-order chi connectivity index (χ0) is 10.9. The topological polar surface area (TPSA) is 27.7 Å². The predicted octanol–water partition coefficient (Wildman–Crippen LogP) is 1.71. The van der Waals surface area contributed by atoms with Crippen LogP contribution in [0.25, 0.3) is 0 Å². The Labute approximate surface area is 91.1 Å². The van der Waals surface area contributed by atoms with Crippen LogP contribution in [0.5, 0.6) is 0 Å². The largest absolute Gasteiger partial charge is 0.369 e. The summed E-state index contributed by atoms with van der Waals surface area (Å²) in [5.41, 5.74) is 0. The highest BCUT2D eigenvalue weighted by atomic mass is 16.7. The van der Waals surface area contributed by atoms with Gasteiger partial charge in [-0.3, -0.25) is 0 Å². The molecule has 3 atom stereocenters. The van der Waals surface area contributed by atoms with E-state index in [4.69, 9.17) is 20.6 Å². The van der Waals surface area contributed by atoms with Gasteiger partial charge in [-0.05, 0) is 26.7 Å². The Hall–Kier alpha value is -0.560. The number of ether oxygens (including phenoxy) is 3. The van der Waals surface area contributed by atoms with Gasteiger partial charge in [0, 0.05) is 6.42 Å². The minimum atomic E-state index is -0.469. The van der Waals surface area contributed by atoms with Crippen LogP contribution in [0.15, 0.2) is 0 Å². The Morgan fingerprint density at radius 3 is 2.87 bits per heavy atom. The molecule has 2 aliphatic rings. The summed E-state index contributed by atoms with van der Waals surface area (Å²) in [6.07, 6.45) is 8.38. The number of hydrogen-bond donors (Lipinski definition) is 0. The van der Waals surface area contributed by atoms with Crippen molar-refractivity contribution in [2.45, 2.75) is 57.2 Å². The molecule has 0 bridgehead atoms. The third-order valence-electron chi connectivity index (χ3n) is 2.93. The third-order valence-corrected chi connectivity index (χ3v) is 2.93. The van der Waals surface area contributed by atoms with E-state index in [1.807, 2.05) is 13.8 Å². The molecule has 0 aromatic carbocycles. The minimum Gasteiger partial charge on any atom is -0.369 e. The van der Waals surface area contributed by atoms with Gasteiger partial charge in [-0.15, -0.1) is 12.3 Å². The average Bonchev–Trinajstić information content (AvgIpc) is 2.18. The second-order valence-electron chi connectivity index (χ2n) is 4.65. The second-order valence-corrected chi connectivity index (χ2v) is 4.65. The van der Waals surface area contributed by atoms with E-state index in [-0.39, 0.29) is 18.3 Å². The van der Waals surface area contributed by atoms with Gasteiger partial charge < -0.3 is 14.2 Å². The first-order valence-electron chi connectivity index (χ1n) is 5.51. The van der Waals surface area contributed by atoms with Crippen molar-refractivity contribution in [3.63, 3.8) is 0 Å². The van der Waals surface area contributed by atoms with E-state index in [9.17, 15) is 0 Å². The molecule has 2 fully saturated rings. The van der Waals surface area contributed by atoms with Crippen LogP contribution in [0.4, 0.5) is 0 Å². The molecule has 2 heterocycles. The molecule has 0 aromatic heterocycles. The summed E-state index contributed by atoms with van der Waals surface area (Å²) >= 11 is 0. The van der Waals surface area contributed by atoms with Crippen LogP contribution in [0.1, 0.15) is 33.1 Å². The highest BCUT2D eigenvalue weighted by Gasteiger charge is 2.40. The number of terminal acetylenes is 1. The molecule has 2 rings (SSSR count). The van der Waals surface area contributed by atoms with Crippen LogP contribution in [-0.2, 0) is 14.2 Å². The van der Waals surface area contributed by atoms with Crippen molar-refractivity contribution in [3.8, 4) is 12.3 Å². The number of hydrogen-bond acceptors (Lipinski definition) is 3. The van der Waals surface area contributed by atoms with E-state index in [0.717, 1.165) is 12.8 Å². The summed E-state index contributed by atoms with van der Waals surface area (Å²) in [5.74, 6) is 2.17. The Balaban J connectivity index is 1.92. The molecule has 0 unspecified atom stereocenters. The fourth-order valence-corrected chi connectivity index (χ4v) is 2.18. The first kappa shape index (κ1) is 10.9. The zero-order valence-corrected chi connectivity index (χ0v) is 9.36. The summed E-state index contributed by atoms with van der Waals surface area (Å²) < 4.78 is 17.2. The van der Waals surface area contributed by atoms with Gasteiger partial charge in [0.15, 0.2) is 5.79 Å².